The zero-order valence-corrected chi connectivity index (χ0v) is 6.16. The molecule has 0 unspecified atom stereocenters. The van der Waals surface area contributed by atoms with Crippen molar-refractivity contribution in [3.63, 3.8) is 0 Å². The van der Waals surface area contributed by atoms with Crippen molar-refractivity contribution in [1.82, 2.24) is 0 Å². The summed E-state index contributed by atoms with van der Waals surface area (Å²) in [6, 6.07) is 0. The van der Waals surface area contributed by atoms with Gasteiger partial charge in [-0.25, -0.2) is 4.79 Å². The molecule has 9 heavy (non-hydrogen) atoms. The fourth-order valence-corrected chi connectivity index (χ4v) is 0.377. The summed E-state index contributed by atoms with van der Waals surface area (Å²) in [6.45, 7) is 0. The van der Waals surface area contributed by atoms with E-state index in [-0.39, 0.29) is 0 Å². The minimum atomic E-state index is -1.10. The van der Waals surface area contributed by atoms with Crippen molar-refractivity contribution < 1.29 is 9.53 Å². The summed E-state index contributed by atoms with van der Waals surface area (Å²) >= 11 is 10.3. The van der Waals surface area contributed by atoms with Crippen molar-refractivity contribution in [3.05, 3.63) is 0 Å². The van der Waals surface area contributed by atoms with Crippen LogP contribution >= 0.6 is 23.2 Å². The van der Waals surface area contributed by atoms with Crippen molar-refractivity contribution >= 4 is 34.9 Å². The third kappa shape index (κ3) is 2.67. The minimum Gasteiger partial charge on any atom is -0.464 e. The van der Waals surface area contributed by atoms with Gasteiger partial charge in [0, 0.05) is 0 Å². The second kappa shape index (κ2) is 3.69. The lowest BCUT2D eigenvalue weighted by atomic mass is 10.4. The molecule has 0 amide bonds. The molecule has 0 atom stereocenters. The second-order valence-corrected chi connectivity index (χ2v) is 2.30. The highest BCUT2D eigenvalue weighted by Gasteiger charge is 2.16. The van der Waals surface area contributed by atoms with E-state index in [1.54, 1.807) is 0 Å². The third-order valence-electron chi connectivity index (χ3n) is 0.624. The van der Waals surface area contributed by atoms with Crippen LogP contribution in [0.1, 0.15) is 0 Å². The molecule has 3 nitrogen and oxygen atoms in total. The Kier molecular flexibility index (Phi) is 3.58. The summed E-state index contributed by atoms with van der Waals surface area (Å²) < 4.78 is 4.14. The standard InChI is InChI=1S/C4H5Cl2NO2/c1-9-4(8)2(7)3(5)6/h3,7H,1H3. The smallest absolute Gasteiger partial charge is 0.354 e. The topological polar surface area (TPSA) is 50.2 Å². The molecule has 0 saturated carbocycles. The van der Waals surface area contributed by atoms with Gasteiger partial charge in [0.2, 0.25) is 0 Å². The number of halogens is 2. The average molecular weight is 170 g/mol. The molecule has 0 aromatic carbocycles. The van der Waals surface area contributed by atoms with Crippen LogP contribution in [0.4, 0.5) is 0 Å². The van der Waals surface area contributed by atoms with Crippen molar-refractivity contribution in [2.75, 3.05) is 7.11 Å². The lowest BCUT2D eigenvalue weighted by Crippen LogP contribution is -2.20. The SMILES string of the molecule is COC(=O)C(=N)C(Cl)Cl. The van der Waals surface area contributed by atoms with Gasteiger partial charge in [0.15, 0.2) is 4.84 Å². The van der Waals surface area contributed by atoms with Gasteiger partial charge in [0.25, 0.3) is 0 Å². The molecule has 0 saturated heterocycles. The second-order valence-electron chi connectivity index (χ2n) is 1.21. The molecule has 0 spiro atoms. The van der Waals surface area contributed by atoms with Gasteiger partial charge in [0.05, 0.1) is 7.11 Å². The molecule has 0 bridgehead atoms. The molecule has 0 aliphatic heterocycles. The Morgan fingerprint density at radius 1 is 1.67 bits per heavy atom. The predicted molar refractivity (Wildman–Crippen MR) is 35.2 cm³/mol. The lowest BCUT2D eigenvalue weighted by Gasteiger charge is -1.99. The molecule has 0 fully saturated rings. The molecule has 5 heteroatoms. The quantitative estimate of drug-likeness (QED) is 0.381. The molecular weight excluding hydrogens is 165 g/mol. The summed E-state index contributed by atoms with van der Waals surface area (Å²) in [5.41, 5.74) is -0.444. The van der Waals surface area contributed by atoms with Crippen LogP contribution in [-0.2, 0) is 9.53 Å². The highest BCUT2D eigenvalue weighted by Crippen LogP contribution is 2.03. The van der Waals surface area contributed by atoms with Crippen LogP contribution in [0.3, 0.4) is 0 Å². The van der Waals surface area contributed by atoms with Gasteiger partial charge in [-0.3, -0.25) is 5.41 Å². The highest BCUT2D eigenvalue weighted by atomic mass is 35.5. The van der Waals surface area contributed by atoms with Gasteiger partial charge < -0.3 is 4.74 Å². The first-order valence-corrected chi connectivity index (χ1v) is 2.91. The maximum atomic E-state index is 10.3. The Morgan fingerprint density at radius 2 is 2.11 bits per heavy atom. The van der Waals surface area contributed by atoms with E-state index in [4.69, 9.17) is 28.6 Å². The Hall–Kier alpha value is -0.280. The molecule has 0 aliphatic carbocycles. The van der Waals surface area contributed by atoms with Crippen LogP contribution in [-0.4, -0.2) is 23.6 Å². The van der Waals surface area contributed by atoms with E-state index in [0.717, 1.165) is 7.11 Å². The number of hydrogen-bond acceptors (Lipinski definition) is 3. The number of nitrogens with one attached hydrogen (secondary N) is 1. The lowest BCUT2D eigenvalue weighted by molar-refractivity contribution is -0.132. The molecule has 1 N–H and O–H groups in total. The van der Waals surface area contributed by atoms with Crippen LogP contribution in [0.2, 0.25) is 0 Å². The maximum absolute atomic E-state index is 10.3. The molecule has 0 radical (unpaired) electrons. The van der Waals surface area contributed by atoms with Gasteiger partial charge in [-0.2, -0.15) is 0 Å². The molecule has 0 aliphatic rings. The predicted octanol–water partition coefficient (Wildman–Crippen LogP) is 0.983. The maximum Gasteiger partial charge on any atom is 0.354 e. The Morgan fingerprint density at radius 3 is 2.22 bits per heavy atom. The Bertz CT molecular complexity index is 135. The fourth-order valence-electron chi connectivity index (χ4n) is 0.199. The zero-order chi connectivity index (χ0) is 7.44. The Balaban J connectivity index is 3.89. The number of methoxy groups -OCH3 is 1. The number of ether oxygens (including phenoxy) is 1. The van der Waals surface area contributed by atoms with Crippen molar-refractivity contribution in [3.8, 4) is 0 Å². The highest BCUT2D eigenvalue weighted by molar-refractivity contribution is 6.63. The summed E-state index contributed by atoms with van der Waals surface area (Å²) in [6.07, 6.45) is 0. The van der Waals surface area contributed by atoms with Gasteiger partial charge in [-0.15, -0.1) is 0 Å². The van der Waals surface area contributed by atoms with E-state index in [2.05, 4.69) is 4.74 Å². The number of esters is 1. The molecule has 0 rings (SSSR count). The van der Waals surface area contributed by atoms with Crippen molar-refractivity contribution in [1.29, 1.82) is 5.41 Å². The van der Waals surface area contributed by atoms with E-state index in [1.165, 1.54) is 0 Å². The van der Waals surface area contributed by atoms with Crippen LogP contribution < -0.4 is 0 Å². The molecular formula is C4H5Cl2NO2. The van der Waals surface area contributed by atoms with Gasteiger partial charge in [0.1, 0.15) is 5.71 Å². The van der Waals surface area contributed by atoms with Crippen LogP contribution in [0.5, 0.6) is 0 Å². The summed E-state index contributed by atoms with van der Waals surface area (Å²) in [5, 5.41) is 6.81. The zero-order valence-electron chi connectivity index (χ0n) is 4.65. The number of carbonyl (C=O) groups excluding carboxylic acids is 1. The first-order chi connectivity index (χ1) is 4.09. The third-order valence-corrected chi connectivity index (χ3v) is 1.06. The Labute approximate surface area is 62.4 Å². The number of hydrogen-bond donors (Lipinski definition) is 1. The molecule has 0 aromatic heterocycles. The monoisotopic (exact) mass is 169 g/mol. The fraction of sp³-hybridized carbons (Fsp3) is 0.500. The molecule has 52 valence electrons. The largest absolute Gasteiger partial charge is 0.464 e. The van der Waals surface area contributed by atoms with Crippen molar-refractivity contribution in [2.45, 2.75) is 4.84 Å². The normalized spacial score (nSPS) is 9.33. The summed E-state index contributed by atoms with van der Waals surface area (Å²) in [7, 11) is 1.16. The first-order valence-electron chi connectivity index (χ1n) is 2.04. The first kappa shape index (κ1) is 8.72. The number of rotatable bonds is 2. The summed E-state index contributed by atoms with van der Waals surface area (Å²) in [4.78, 5) is 9.24. The van der Waals surface area contributed by atoms with E-state index in [9.17, 15) is 4.79 Å². The van der Waals surface area contributed by atoms with Gasteiger partial charge in [-0.05, 0) is 0 Å². The van der Waals surface area contributed by atoms with E-state index in [1.807, 2.05) is 0 Å². The van der Waals surface area contributed by atoms with Crippen LogP contribution in [0, 0.1) is 5.41 Å². The minimum absolute atomic E-state index is 0.444. The van der Waals surface area contributed by atoms with E-state index in [0.29, 0.717) is 0 Å². The average Bonchev–Trinajstić information content (AvgIpc) is 1.84. The van der Waals surface area contributed by atoms with Crippen molar-refractivity contribution in [2.24, 2.45) is 0 Å². The van der Waals surface area contributed by atoms with E-state index >= 15 is 0 Å². The number of alkyl halides is 2. The molecule has 0 heterocycles. The van der Waals surface area contributed by atoms with Gasteiger partial charge in [-0.1, -0.05) is 23.2 Å². The van der Waals surface area contributed by atoms with Gasteiger partial charge >= 0.3 is 5.97 Å². The molecule has 0 aromatic rings. The van der Waals surface area contributed by atoms with Crippen LogP contribution in [0.25, 0.3) is 0 Å². The summed E-state index contributed by atoms with van der Waals surface area (Å²) in [5.74, 6) is -0.801. The van der Waals surface area contributed by atoms with E-state index < -0.39 is 16.5 Å². The van der Waals surface area contributed by atoms with Crippen LogP contribution in [0.15, 0.2) is 0 Å². The number of carbonyl (C=O) groups is 1.